The Morgan fingerprint density at radius 1 is 1.65 bits per heavy atom. The van der Waals surface area contributed by atoms with Gasteiger partial charge in [0, 0.05) is 18.1 Å². The van der Waals surface area contributed by atoms with Gasteiger partial charge < -0.3 is 10.2 Å². The largest absolute Gasteiger partial charge is 0.363 e. The second-order valence-electron chi connectivity index (χ2n) is 3.54. The van der Waals surface area contributed by atoms with Crippen LogP contribution in [-0.2, 0) is 4.79 Å². The second-order valence-corrected chi connectivity index (χ2v) is 4.46. The highest BCUT2D eigenvalue weighted by Gasteiger charge is 2.10. The topological polar surface area (TPSA) is 32.3 Å². The Balaban J connectivity index is 2.66. The number of anilines is 1. The average Bonchev–Trinajstić information content (AvgIpc) is 2.26. The van der Waals surface area contributed by atoms with Crippen LogP contribution in [0.15, 0.2) is 35.3 Å². The van der Waals surface area contributed by atoms with Crippen molar-refractivity contribution in [2.75, 3.05) is 25.0 Å². The number of rotatable bonds is 5. The third kappa shape index (κ3) is 4.19. The van der Waals surface area contributed by atoms with Gasteiger partial charge in [0.1, 0.15) is 5.82 Å². The third-order valence-electron chi connectivity index (χ3n) is 2.15. The summed E-state index contributed by atoms with van der Waals surface area (Å²) in [7, 11) is 1.67. The molecule has 0 aromatic heterocycles. The van der Waals surface area contributed by atoms with Crippen molar-refractivity contribution in [2.24, 2.45) is 0 Å². The number of amides is 1. The molecule has 1 aromatic carbocycles. The van der Waals surface area contributed by atoms with Crippen molar-refractivity contribution < 1.29 is 9.18 Å². The van der Waals surface area contributed by atoms with Gasteiger partial charge in [0.05, 0.1) is 12.2 Å². The lowest BCUT2D eigenvalue weighted by Crippen LogP contribution is -2.35. The molecule has 92 valence electrons. The van der Waals surface area contributed by atoms with Gasteiger partial charge in [-0.2, -0.15) is 0 Å². The maximum atomic E-state index is 13.6. The van der Waals surface area contributed by atoms with Crippen LogP contribution in [0.2, 0.25) is 0 Å². The summed E-state index contributed by atoms with van der Waals surface area (Å²) in [6, 6.07) is 4.73. The van der Waals surface area contributed by atoms with E-state index < -0.39 is 0 Å². The van der Waals surface area contributed by atoms with Crippen molar-refractivity contribution in [3.63, 3.8) is 0 Å². The smallest absolute Gasteiger partial charge is 0.239 e. The highest BCUT2D eigenvalue weighted by atomic mass is 79.9. The zero-order valence-electron chi connectivity index (χ0n) is 9.54. The lowest BCUT2D eigenvalue weighted by Gasteiger charge is -2.19. The molecule has 0 radical (unpaired) electrons. The van der Waals surface area contributed by atoms with Crippen LogP contribution in [0.1, 0.15) is 0 Å². The van der Waals surface area contributed by atoms with Crippen LogP contribution in [0.5, 0.6) is 0 Å². The number of hydrogen-bond donors (Lipinski definition) is 1. The number of halogens is 2. The molecule has 0 saturated heterocycles. The Hall–Kier alpha value is -1.36. The van der Waals surface area contributed by atoms with Crippen LogP contribution in [0.25, 0.3) is 0 Å². The van der Waals surface area contributed by atoms with Crippen LogP contribution in [0.4, 0.5) is 10.1 Å². The fourth-order valence-electron chi connectivity index (χ4n) is 1.33. The van der Waals surface area contributed by atoms with Crippen molar-refractivity contribution in [1.29, 1.82) is 0 Å². The first kappa shape index (κ1) is 13.7. The second kappa shape index (κ2) is 6.39. The van der Waals surface area contributed by atoms with Crippen LogP contribution < -0.4 is 10.2 Å². The van der Waals surface area contributed by atoms with Gasteiger partial charge in [-0.25, -0.2) is 4.39 Å². The van der Waals surface area contributed by atoms with Crippen molar-refractivity contribution in [3.8, 4) is 0 Å². The molecule has 0 heterocycles. The number of carbonyl (C=O) groups excluding carboxylic acids is 1. The van der Waals surface area contributed by atoms with E-state index in [1.54, 1.807) is 30.2 Å². The van der Waals surface area contributed by atoms with Gasteiger partial charge in [-0.15, -0.1) is 6.58 Å². The number of benzene rings is 1. The molecule has 5 heteroatoms. The molecule has 1 N–H and O–H groups in total. The molecule has 17 heavy (non-hydrogen) atoms. The molecule has 3 nitrogen and oxygen atoms in total. The van der Waals surface area contributed by atoms with Gasteiger partial charge in [-0.1, -0.05) is 22.0 Å². The van der Waals surface area contributed by atoms with Gasteiger partial charge in [-0.05, 0) is 18.2 Å². The summed E-state index contributed by atoms with van der Waals surface area (Å²) < 4.78 is 14.3. The first-order chi connectivity index (χ1) is 8.04. The van der Waals surface area contributed by atoms with E-state index in [0.717, 1.165) is 0 Å². The summed E-state index contributed by atoms with van der Waals surface area (Å²) in [5, 5.41) is 2.63. The normalized spacial score (nSPS) is 9.82. The van der Waals surface area contributed by atoms with Crippen LogP contribution >= 0.6 is 15.9 Å². The van der Waals surface area contributed by atoms with E-state index in [0.29, 0.717) is 16.7 Å². The lowest BCUT2D eigenvalue weighted by atomic mass is 10.3. The van der Waals surface area contributed by atoms with E-state index in [-0.39, 0.29) is 18.3 Å². The van der Waals surface area contributed by atoms with E-state index in [1.165, 1.54) is 6.07 Å². The number of nitrogens with one attached hydrogen (secondary N) is 1. The zero-order chi connectivity index (χ0) is 12.8. The van der Waals surface area contributed by atoms with Crippen molar-refractivity contribution in [1.82, 2.24) is 5.32 Å². The predicted octanol–water partition coefficient (Wildman–Crippen LogP) is 2.33. The Kier molecular flexibility index (Phi) is 5.15. The maximum Gasteiger partial charge on any atom is 0.239 e. The lowest BCUT2D eigenvalue weighted by molar-refractivity contribution is -0.119. The minimum atomic E-state index is -0.363. The van der Waals surface area contributed by atoms with Gasteiger partial charge in [0.15, 0.2) is 0 Å². The van der Waals surface area contributed by atoms with Gasteiger partial charge in [-0.3, -0.25) is 4.79 Å². The molecule has 0 saturated carbocycles. The quantitative estimate of drug-likeness (QED) is 0.847. The molecule has 1 rings (SSSR count). The molecule has 1 amide bonds. The highest BCUT2D eigenvalue weighted by molar-refractivity contribution is 9.10. The molecular formula is C12H14BrFN2O. The summed E-state index contributed by atoms with van der Waals surface area (Å²) in [5.41, 5.74) is 0.391. The summed E-state index contributed by atoms with van der Waals surface area (Å²) >= 11 is 3.18. The molecule has 0 aliphatic rings. The fourth-order valence-corrected chi connectivity index (χ4v) is 1.67. The number of likely N-dealkylation sites (N-methyl/N-ethyl adjacent to an activating group) is 1. The molecular weight excluding hydrogens is 287 g/mol. The van der Waals surface area contributed by atoms with E-state index >= 15 is 0 Å². The van der Waals surface area contributed by atoms with Crippen LogP contribution in [0, 0.1) is 5.82 Å². The van der Waals surface area contributed by atoms with E-state index in [9.17, 15) is 9.18 Å². The molecule has 0 bridgehead atoms. The van der Waals surface area contributed by atoms with Crippen LogP contribution in [0.3, 0.4) is 0 Å². The number of hydrogen-bond acceptors (Lipinski definition) is 2. The Labute approximate surface area is 108 Å². The fraction of sp³-hybridized carbons (Fsp3) is 0.250. The molecule has 0 fully saturated rings. The Morgan fingerprint density at radius 3 is 2.94 bits per heavy atom. The maximum absolute atomic E-state index is 13.6. The van der Waals surface area contributed by atoms with E-state index in [2.05, 4.69) is 27.8 Å². The van der Waals surface area contributed by atoms with Crippen LogP contribution in [-0.4, -0.2) is 26.0 Å². The first-order valence-electron chi connectivity index (χ1n) is 5.08. The zero-order valence-corrected chi connectivity index (χ0v) is 11.1. The molecule has 0 aliphatic carbocycles. The molecule has 0 unspecified atom stereocenters. The van der Waals surface area contributed by atoms with Gasteiger partial charge >= 0.3 is 0 Å². The number of nitrogens with zero attached hydrogens (tertiary/aromatic N) is 1. The minimum absolute atomic E-state index is 0.104. The van der Waals surface area contributed by atoms with Crippen molar-refractivity contribution in [3.05, 3.63) is 41.1 Å². The predicted molar refractivity (Wildman–Crippen MR) is 70.6 cm³/mol. The van der Waals surface area contributed by atoms with Crippen molar-refractivity contribution in [2.45, 2.75) is 0 Å². The standard InChI is InChI=1S/C12H14BrFN2O/c1-3-6-15-12(17)8-16(2)11-5-4-9(13)7-10(11)14/h3-5,7H,1,6,8H2,2H3,(H,15,17). The third-order valence-corrected chi connectivity index (χ3v) is 2.64. The number of carbonyl (C=O) groups is 1. The monoisotopic (exact) mass is 300 g/mol. The summed E-state index contributed by atoms with van der Waals surface area (Å²) in [5.74, 6) is -0.534. The minimum Gasteiger partial charge on any atom is -0.363 e. The molecule has 0 aliphatic heterocycles. The van der Waals surface area contributed by atoms with Gasteiger partial charge in [0.25, 0.3) is 0 Å². The first-order valence-corrected chi connectivity index (χ1v) is 5.87. The van der Waals surface area contributed by atoms with Gasteiger partial charge in [0.2, 0.25) is 5.91 Å². The van der Waals surface area contributed by atoms with E-state index in [4.69, 9.17) is 0 Å². The average molecular weight is 301 g/mol. The molecule has 1 aromatic rings. The summed E-state index contributed by atoms with van der Waals surface area (Å²) in [6.45, 7) is 4.02. The van der Waals surface area contributed by atoms with Crippen molar-refractivity contribution >= 4 is 27.5 Å². The summed E-state index contributed by atoms with van der Waals surface area (Å²) in [6.07, 6.45) is 1.60. The Bertz CT molecular complexity index is 423. The summed E-state index contributed by atoms with van der Waals surface area (Å²) in [4.78, 5) is 13.0. The van der Waals surface area contributed by atoms with E-state index in [1.807, 2.05) is 0 Å². The molecule has 0 spiro atoms. The highest BCUT2D eigenvalue weighted by Crippen LogP contribution is 2.21. The Morgan fingerprint density at radius 2 is 2.35 bits per heavy atom. The molecule has 0 atom stereocenters. The SMILES string of the molecule is C=CCNC(=O)CN(C)c1ccc(Br)cc1F.